The molecule has 0 saturated heterocycles. The lowest BCUT2D eigenvalue weighted by Crippen LogP contribution is -2.32. The topological polar surface area (TPSA) is 46.4 Å². The summed E-state index contributed by atoms with van der Waals surface area (Å²) in [6.45, 7) is 3.95. The minimum absolute atomic E-state index is 0.0677. The number of fused-ring (bicyclic) bond motifs is 1. The summed E-state index contributed by atoms with van der Waals surface area (Å²) in [5, 5.41) is 3.10. The van der Waals surface area contributed by atoms with Gasteiger partial charge in [0.05, 0.1) is 5.69 Å². The fourth-order valence-corrected chi connectivity index (χ4v) is 4.32. The number of nitrogens with zero attached hydrogens (tertiary/aromatic N) is 2. The normalized spacial score (nSPS) is 12.2. The molecule has 1 amide bonds. The summed E-state index contributed by atoms with van der Waals surface area (Å²) in [7, 11) is 0. The Morgan fingerprint density at radius 2 is 1.90 bits per heavy atom. The smallest absolute Gasteiger partial charge is 0.263 e. The van der Waals surface area contributed by atoms with Crippen LogP contribution in [0.25, 0.3) is 16.2 Å². The van der Waals surface area contributed by atoms with Crippen molar-refractivity contribution in [2.75, 3.05) is 0 Å². The van der Waals surface area contributed by atoms with Gasteiger partial charge >= 0.3 is 0 Å². The Bertz CT molecular complexity index is 1130. The van der Waals surface area contributed by atoms with E-state index in [1.54, 1.807) is 12.1 Å². The van der Waals surface area contributed by atoms with Gasteiger partial charge in [0.2, 0.25) is 0 Å². The molecule has 0 aliphatic carbocycles. The highest BCUT2D eigenvalue weighted by Crippen LogP contribution is 2.27. The zero-order valence-corrected chi connectivity index (χ0v) is 17.2. The van der Waals surface area contributed by atoms with Crippen molar-refractivity contribution in [2.24, 2.45) is 0 Å². The molecular formula is C23H22FN3OS. The van der Waals surface area contributed by atoms with Crippen molar-refractivity contribution in [2.45, 2.75) is 32.7 Å². The molecule has 6 heteroatoms. The average molecular weight is 408 g/mol. The number of imidazole rings is 1. The van der Waals surface area contributed by atoms with Crippen LogP contribution >= 0.6 is 11.3 Å². The molecule has 0 aliphatic rings. The third kappa shape index (κ3) is 4.22. The van der Waals surface area contributed by atoms with Gasteiger partial charge in [-0.15, -0.1) is 0 Å². The van der Waals surface area contributed by atoms with Crippen LogP contribution in [0.15, 0.2) is 60.8 Å². The minimum Gasteiger partial charge on any atom is -0.349 e. The molecule has 2 aromatic carbocycles. The maximum absolute atomic E-state index is 13.1. The van der Waals surface area contributed by atoms with Gasteiger partial charge in [0.15, 0.2) is 4.96 Å². The molecule has 0 radical (unpaired) electrons. The largest absolute Gasteiger partial charge is 0.349 e. The number of hydrogen-bond donors (Lipinski definition) is 1. The molecule has 0 spiro atoms. The van der Waals surface area contributed by atoms with Crippen molar-refractivity contribution in [3.8, 4) is 11.3 Å². The number of carbonyl (C=O) groups excluding carboxylic acids is 1. The van der Waals surface area contributed by atoms with E-state index < -0.39 is 0 Å². The molecule has 4 rings (SSSR count). The number of thiazole rings is 1. The van der Waals surface area contributed by atoms with E-state index in [4.69, 9.17) is 0 Å². The third-order valence-corrected chi connectivity index (χ3v) is 6.14. The van der Waals surface area contributed by atoms with Crippen molar-refractivity contribution in [3.63, 3.8) is 0 Å². The number of carbonyl (C=O) groups is 1. The summed E-state index contributed by atoms with van der Waals surface area (Å²) in [5.74, 6) is -0.340. The Balaban J connectivity index is 1.45. The quantitative estimate of drug-likeness (QED) is 0.474. The number of nitrogens with one attached hydrogen (secondary N) is 1. The first-order chi connectivity index (χ1) is 14.0. The summed E-state index contributed by atoms with van der Waals surface area (Å²) in [6.07, 6.45) is 3.70. The first kappa shape index (κ1) is 19.3. The summed E-state index contributed by atoms with van der Waals surface area (Å²) >= 11 is 1.37. The molecule has 4 nitrogen and oxygen atoms in total. The highest BCUT2D eigenvalue weighted by Gasteiger charge is 2.19. The van der Waals surface area contributed by atoms with Gasteiger partial charge in [-0.25, -0.2) is 9.37 Å². The molecule has 1 N–H and O–H groups in total. The first-order valence-electron chi connectivity index (χ1n) is 9.60. The zero-order chi connectivity index (χ0) is 20.4. The monoisotopic (exact) mass is 407 g/mol. The van der Waals surface area contributed by atoms with Crippen LogP contribution in [0.1, 0.15) is 34.3 Å². The number of rotatable bonds is 6. The third-order valence-electron chi connectivity index (χ3n) is 4.99. The van der Waals surface area contributed by atoms with Crippen LogP contribution in [0.5, 0.6) is 0 Å². The molecule has 4 aromatic rings. The molecule has 148 valence electrons. The van der Waals surface area contributed by atoms with Crippen molar-refractivity contribution in [1.82, 2.24) is 14.7 Å². The Kier molecular flexibility index (Phi) is 5.45. The van der Waals surface area contributed by atoms with Crippen LogP contribution in [0, 0.1) is 12.7 Å². The van der Waals surface area contributed by atoms with Crippen molar-refractivity contribution in [1.29, 1.82) is 0 Å². The van der Waals surface area contributed by atoms with Gasteiger partial charge in [-0.05, 0) is 56.5 Å². The Morgan fingerprint density at radius 3 is 2.59 bits per heavy atom. The lowest BCUT2D eigenvalue weighted by molar-refractivity contribution is 0.0941. The van der Waals surface area contributed by atoms with Gasteiger partial charge in [-0.3, -0.25) is 9.20 Å². The van der Waals surface area contributed by atoms with E-state index in [9.17, 15) is 9.18 Å². The number of amides is 1. The zero-order valence-electron chi connectivity index (χ0n) is 16.4. The second-order valence-corrected chi connectivity index (χ2v) is 8.18. The standard InChI is InChI=1S/C23H22FN3OS/c1-15(8-9-17-6-4-3-5-7-17)25-22(28)21-16(2)27-14-20(26-23(27)29-21)18-10-12-19(24)13-11-18/h3-7,10-15H,8-9H2,1-2H3,(H,25,28). The second-order valence-electron chi connectivity index (χ2n) is 7.20. The van der Waals surface area contributed by atoms with Crippen LogP contribution in [0.3, 0.4) is 0 Å². The van der Waals surface area contributed by atoms with E-state index in [0.717, 1.165) is 34.8 Å². The van der Waals surface area contributed by atoms with Gasteiger partial charge in [-0.1, -0.05) is 41.7 Å². The lowest BCUT2D eigenvalue weighted by atomic mass is 10.1. The van der Waals surface area contributed by atoms with Crippen LogP contribution in [0.2, 0.25) is 0 Å². The summed E-state index contributed by atoms with van der Waals surface area (Å²) in [5.41, 5.74) is 3.75. The van der Waals surface area contributed by atoms with Gasteiger partial charge in [0.1, 0.15) is 10.7 Å². The number of aromatic nitrogens is 2. The lowest BCUT2D eigenvalue weighted by Gasteiger charge is -2.13. The van der Waals surface area contributed by atoms with Gasteiger partial charge in [0.25, 0.3) is 5.91 Å². The first-order valence-corrected chi connectivity index (χ1v) is 10.4. The maximum atomic E-state index is 13.1. The van der Waals surface area contributed by atoms with E-state index in [-0.39, 0.29) is 17.8 Å². The van der Waals surface area contributed by atoms with Gasteiger partial charge in [-0.2, -0.15) is 0 Å². The molecule has 29 heavy (non-hydrogen) atoms. The van der Waals surface area contributed by atoms with Gasteiger partial charge < -0.3 is 5.32 Å². The van der Waals surface area contributed by atoms with E-state index in [0.29, 0.717) is 4.88 Å². The molecule has 0 bridgehead atoms. The number of halogens is 1. The SMILES string of the molecule is Cc1c(C(=O)NC(C)CCc2ccccc2)sc2nc(-c3ccc(F)cc3)cn12. The van der Waals surface area contributed by atoms with E-state index in [1.807, 2.05) is 42.6 Å². The predicted octanol–water partition coefficient (Wildman–Crippen LogP) is 5.26. The highest BCUT2D eigenvalue weighted by atomic mass is 32.1. The summed E-state index contributed by atoms with van der Waals surface area (Å²) < 4.78 is 15.1. The van der Waals surface area contributed by atoms with Gasteiger partial charge in [0, 0.05) is 23.5 Å². The Morgan fingerprint density at radius 1 is 1.17 bits per heavy atom. The predicted molar refractivity (Wildman–Crippen MR) is 115 cm³/mol. The minimum atomic E-state index is -0.272. The van der Waals surface area contributed by atoms with E-state index in [2.05, 4.69) is 22.4 Å². The molecule has 0 saturated carbocycles. The molecule has 1 unspecified atom stereocenters. The molecular weight excluding hydrogens is 385 g/mol. The maximum Gasteiger partial charge on any atom is 0.263 e. The van der Waals surface area contributed by atoms with Crippen LogP contribution in [0.4, 0.5) is 4.39 Å². The molecule has 2 heterocycles. The molecule has 2 aromatic heterocycles. The number of benzene rings is 2. The van der Waals surface area contributed by atoms with Crippen LogP contribution < -0.4 is 5.32 Å². The molecule has 0 aliphatic heterocycles. The number of hydrogen-bond acceptors (Lipinski definition) is 3. The Labute approximate surface area is 173 Å². The van der Waals surface area contributed by atoms with E-state index in [1.165, 1.54) is 29.0 Å². The van der Waals surface area contributed by atoms with Crippen molar-refractivity contribution in [3.05, 3.63) is 82.7 Å². The fraction of sp³-hybridized carbons (Fsp3) is 0.217. The molecule has 1 atom stereocenters. The van der Waals surface area contributed by atoms with Crippen LogP contribution in [-0.2, 0) is 6.42 Å². The summed E-state index contributed by atoms with van der Waals surface area (Å²) in [6, 6.07) is 16.6. The average Bonchev–Trinajstić information content (AvgIpc) is 3.27. The summed E-state index contributed by atoms with van der Waals surface area (Å²) in [4.78, 5) is 18.8. The second kappa shape index (κ2) is 8.17. The van der Waals surface area contributed by atoms with E-state index >= 15 is 0 Å². The van der Waals surface area contributed by atoms with Crippen LogP contribution in [-0.4, -0.2) is 21.3 Å². The number of aryl methyl sites for hydroxylation is 2. The fourth-order valence-electron chi connectivity index (χ4n) is 3.31. The van der Waals surface area contributed by atoms with Crippen molar-refractivity contribution >= 4 is 22.2 Å². The highest BCUT2D eigenvalue weighted by molar-refractivity contribution is 7.19. The van der Waals surface area contributed by atoms with Crippen molar-refractivity contribution < 1.29 is 9.18 Å². The Hall–Kier alpha value is -2.99. The molecule has 0 fully saturated rings.